The van der Waals surface area contributed by atoms with Crippen LogP contribution in [0, 0.1) is 0 Å². The topological polar surface area (TPSA) is 63.4 Å². The van der Waals surface area contributed by atoms with Crippen molar-refractivity contribution in [1.82, 2.24) is 4.31 Å². The van der Waals surface area contributed by atoms with Gasteiger partial charge in [-0.1, -0.05) is 34.8 Å². The lowest BCUT2D eigenvalue weighted by Crippen LogP contribution is -2.57. The molecule has 17 heavy (non-hydrogen) atoms. The highest BCUT2D eigenvalue weighted by Crippen LogP contribution is 2.35. The molecule has 2 N–H and O–H groups in total. The zero-order valence-corrected chi connectivity index (χ0v) is 11.6. The molecule has 1 heterocycles. The van der Waals surface area contributed by atoms with E-state index in [0.29, 0.717) is 5.02 Å². The van der Waals surface area contributed by atoms with Crippen molar-refractivity contribution < 1.29 is 8.42 Å². The molecule has 2 rings (SSSR count). The molecule has 0 bridgehead atoms. The molecule has 1 aliphatic heterocycles. The molecule has 0 unspecified atom stereocenters. The third-order valence-corrected chi connectivity index (χ3v) is 5.41. The largest absolute Gasteiger partial charge is 0.325 e. The molecule has 1 aliphatic rings. The maximum atomic E-state index is 12.2. The summed E-state index contributed by atoms with van der Waals surface area (Å²) in [6.45, 7) is 0.551. The monoisotopic (exact) mass is 314 g/mol. The molecule has 1 aromatic rings. The number of rotatable bonds is 2. The van der Waals surface area contributed by atoms with Crippen molar-refractivity contribution in [1.29, 1.82) is 0 Å². The van der Waals surface area contributed by atoms with Crippen molar-refractivity contribution in [3.63, 3.8) is 0 Å². The van der Waals surface area contributed by atoms with E-state index in [0.717, 1.165) is 0 Å². The van der Waals surface area contributed by atoms with Gasteiger partial charge in [0.25, 0.3) is 0 Å². The first-order valence-corrected chi connectivity index (χ1v) is 7.30. The van der Waals surface area contributed by atoms with Gasteiger partial charge in [0.15, 0.2) is 0 Å². The number of halogens is 3. The first kappa shape index (κ1) is 13.4. The lowest BCUT2D eigenvalue weighted by molar-refractivity contribution is 0.265. The van der Waals surface area contributed by atoms with Gasteiger partial charge in [-0.2, -0.15) is 4.31 Å². The van der Waals surface area contributed by atoms with Crippen molar-refractivity contribution >= 4 is 44.8 Å². The Morgan fingerprint density at radius 2 is 1.65 bits per heavy atom. The summed E-state index contributed by atoms with van der Waals surface area (Å²) in [6.07, 6.45) is 0. The SMILES string of the molecule is NC1CN(S(=O)(=O)c2c(Cl)cc(Cl)cc2Cl)C1. The van der Waals surface area contributed by atoms with Crippen LogP contribution < -0.4 is 5.73 Å². The summed E-state index contributed by atoms with van der Waals surface area (Å²) < 4.78 is 25.6. The minimum atomic E-state index is -3.68. The number of hydrogen-bond acceptors (Lipinski definition) is 3. The Labute approximate surface area is 114 Å². The van der Waals surface area contributed by atoms with Crippen LogP contribution in [0.25, 0.3) is 0 Å². The Morgan fingerprint density at radius 3 is 2.06 bits per heavy atom. The highest BCUT2D eigenvalue weighted by molar-refractivity contribution is 7.89. The van der Waals surface area contributed by atoms with Crippen LogP contribution in [-0.2, 0) is 10.0 Å². The highest BCUT2D eigenvalue weighted by Gasteiger charge is 2.37. The second-order valence-electron chi connectivity index (χ2n) is 3.78. The van der Waals surface area contributed by atoms with E-state index < -0.39 is 10.0 Å². The molecule has 0 aromatic heterocycles. The van der Waals surface area contributed by atoms with Crippen LogP contribution in [0.5, 0.6) is 0 Å². The van der Waals surface area contributed by atoms with Gasteiger partial charge in [-0.05, 0) is 12.1 Å². The van der Waals surface area contributed by atoms with Gasteiger partial charge in [0, 0.05) is 24.2 Å². The molecule has 1 fully saturated rings. The Morgan fingerprint density at radius 1 is 1.18 bits per heavy atom. The van der Waals surface area contributed by atoms with Crippen LogP contribution in [0.3, 0.4) is 0 Å². The van der Waals surface area contributed by atoms with E-state index in [1.165, 1.54) is 16.4 Å². The molecule has 0 aliphatic carbocycles. The van der Waals surface area contributed by atoms with Crippen molar-refractivity contribution in [3.05, 3.63) is 27.2 Å². The second kappa shape index (κ2) is 4.57. The van der Waals surface area contributed by atoms with Crippen LogP contribution >= 0.6 is 34.8 Å². The quantitative estimate of drug-likeness (QED) is 0.907. The fourth-order valence-electron chi connectivity index (χ4n) is 1.57. The lowest BCUT2D eigenvalue weighted by atomic mass is 10.2. The summed E-state index contributed by atoms with van der Waals surface area (Å²) in [5.41, 5.74) is 5.55. The predicted octanol–water partition coefficient (Wildman–Crippen LogP) is 1.98. The van der Waals surface area contributed by atoms with Gasteiger partial charge in [-0.25, -0.2) is 8.42 Å². The lowest BCUT2D eigenvalue weighted by Gasteiger charge is -2.35. The number of benzene rings is 1. The Bertz CT molecular complexity index is 532. The van der Waals surface area contributed by atoms with E-state index in [1.807, 2.05) is 0 Å². The van der Waals surface area contributed by atoms with Gasteiger partial charge >= 0.3 is 0 Å². The van der Waals surface area contributed by atoms with Crippen LogP contribution in [0.15, 0.2) is 17.0 Å². The minimum absolute atomic E-state index is 0.0166. The third kappa shape index (κ3) is 2.41. The maximum Gasteiger partial charge on any atom is 0.246 e. The molecular formula is C9H9Cl3N2O2S. The Balaban J connectivity index is 2.47. The summed E-state index contributed by atoms with van der Waals surface area (Å²) in [6, 6.07) is 2.57. The van der Waals surface area contributed by atoms with E-state index >= 15 is 0 Å². The van der Waals surface area contributed by atoms with Gasteiger partial charge in [0.2, 0.25) is 10.0 Å². The average molecular weight is 316 g/mol. The molecule has 1 saturated heterocycles. The number of nitrogens with two attached hydrogens (primary N) is 1. The smallest absolute Gasteiger partial charge is 0.246 e. The van der Waals surface area contributed by atoms with E-state index in [-0.39, 0.29) is 34.1 Å². The van der Waals surface area contributed by atoms with Crippen molar-refractivity contribution in [2.75, 3.05) is 13.1 Å². The van der Waals surface area contributed by atoms with E-state index in [2.05, 4.69) is 0 Å². The fourth-order valence-corrected chi connectivity index (χ4v) is 4.62. The molecule has 0 radical (unpaired) electrons. The van der Waals surface area contributed by atoms with Gasteiger partial charge in [-0.15, -0.1) is 0 Å². The average Bonchev–Trinajstić information content (AvgIpc) is 2.10. The Kier molecular flexibility index (Phi) is 3.60. The van der Waals surface area contributed by atoms with Crippen LogP contribution in [0.4, 0.5) is 0 Å². The molecule has 1 aromatic carbocycles. The van der Waals surface area contributed by atoms with Crippen LogP contribution in [-0.4, -0.2) is 31.9 Å². The van der Waals surface area contributed by atoms with Crippen molar-refractivity contribution in [2.24, 2.45) is 5.73 Å². The molecule has 8 heteroatoms. The molecule has 0 atom stereocenters. The highest BCUT2D eigenvalue weighted by atomic mass is 35.5. The zero-order valence-electron chi connectivity index (χ0n) is 8.53. The minimum Gasteiger partial charge on any atom is -0.325 e. The van der Waals surface area contributed by atoms with Crippen molar-refractivity contribution in [3.8, 4) is 0 Å². The molecular weight excluding hydrogens is 307 g/mol. The standard InChI is InChI=1S/C9H9Cl3N2O2S/c10-5-1-7(11)9(8(12)2-5)17(15,16)14-3-6(13)4-14/h1-2,6H,3-4,13H2. The normalized spacial score (nSPS) is 18.1. The molecule has 0 spiro atoms. The fraction of sp³-hybridized carbons (Fsp3) is 0.333. The first-order chi connectivity index (χ1) is 7.82. The van der Waals surface area contributed by atoms with Crippen LogP contribution in [0.1, 0.15) is 0 Å². The summed E-state index contributed by atoms with van der Waals surface area (Å²) in [5.74, 6) is 0. The van der Waals surface area contributed by atoms with Gasteiger partial charge < -0.3 is 5.73 Å². The summed E-state index contributed by atoms with van der Waals surface area (Å²) in [7, 11) is -3.68. The van der Waals surface area contributed by atoms with Gasteiger partial charge in [-0.3, -0.25) is 0 Å². The van der Waals surface area contributed by atoms with E-state index in [1.54, 1.807) is 0 Å². The molecule has 0 amide bonds. The first-order valence-electron chi connectivity index (χ1n) is 4.72. The zero-order chi connectivity index (χ0) is 12.8. The summed E-state index contributed by atoms with van der Waals surface area (Å²) in [5, 5.41) is 0.324. The summed E-state index contributed by atoms with van der Waals surface area (Å²) in [4.78, 5) is -0.114. The van der Waals surface area contributed by atoms with E-state index in [4.69, 9.17) is 40.5 Å². The van der Waals surface area contributed by atoms with Crippen molar-refractivity contribution in [2.45, 2.75) is 10.9 Å². The second-order valence-corrected chi connectivity index (χ2v) is 6.91. The number of nitrogens with zero attached hydrogens (tertiary/aromatic N) is 1. The maximum absolute atomic E-state index is 12.2. The molecule has 0 saturated carbocycles. The molecule has 94 valence electrons. The van der Waals surface area contributed by atoms with Crippen LogP contribution in [0.2, 0.25) is 15.1 Å². The molecule has 4 nitrogen and oxygen atoms in total. The van der Waals surface area contributed by atoms with Gasteiger partial charge in [0.1, 0.15) is 4.90 Å². The number of sulfonamides is 1. The summed E-state index contributed by atoms with van der Waals surface area (Å²) >= 11 is 17.5. The van der Waals surface area contributed by atoms with E-state index in [9.17, 15) is 8.42 Å². The third-order valence-electron chi connectivity index (χ3n) is 2.44. The number of hydrogen-bond donors (Lipinski definition) is 1. The Hall–Kier alpha value is -0.0400. The predicted molar refractivity (Wildman–Crippen MR) is 68.2 cm³/mol. The van der Waals surface area contributed by atoms with Gasteiger partial charge in [0.05, 0.1) is 10.0 Å².